The van der Waals surface area contributed by atoms with Crippen LogP contribution in [0.25, 0.3) is 0 Å². The molecule has 0 saturated carbocycles. The largest absolute Gasteiger partial charge is 0.497 e. The van der Waals surface area contributed by atoms with Gasteiger partial charge in [0.1, 0.15) is 17.4 Å². The Morgan fingerprint density at radius 2 is 1.87 bits per heavy atom. The van der Waals surface area contributed by atoms with Gasteiger partial charge in [-0.05, 0) is 57.5 Å². The molecule has 3 aromatic carbocycles. The Hall–Kier alpha value is -4.40. The summed E-state index contributed by atoms with van der Waals surface area (Å²) in [4.78, 5) is 29.3. The first-order chi connectivity index (χ1) is 18.7. The normalized spacial score (nSPS) is 21.3. The van der Waals surface area contributed by atoms with Gasteiger partial charge in [0.05, 0.1) is 32.6 Å². The number of carbonyl (C=O) groups is 2. The zero-order valence-corrected chi connectivity index (χ0v) is 23.0. The van der Waals surface area contributed by atoms with E-state index in [0.29, 0.717) is 46.5 Å². The molecule has 2 aliphatic rings. The SMILES string of the molecule is CCOc1cccc2c1O[C@@]1(C)[C@H](C(=O)Nc3ccc(C)cc3C)[C@@H]2NC(=O)N1c1ccc(OC)cc1OC. The van der Waals surface area contributed by atoms with Crippen molar-refractivity contribution in [3.8, 4) is 23.0 Å². The molecule has 3 amide bonds. The summed E-state index contributed by atoms with van der Waals surface area (Å²) < 4.78 is 23.6. The van der Waals surface area contributed by atoms with Crippen molar-refractivity contribution >= 4 is 23.3 Å². The molecule has 2 N–H and O–H groups in total. The molecule has 0 aromatic heterocycles. The number of aryl methyl sites for hydroxylation is 2. The molecule has 2 aliphatic heterocycles. The maximum atomic E-state index is 14.1. The van der Waals surface area contributed by atoms with E-state index in [0.717, 1.165) is 11.1 Å². The van der Waals surface area contributed by atoms with E-state index in [4.69, 9.17) is 18.9 Å². The summed E-state index contributed by atoms with van der Waals surface area (Å²) in [6, 6.07) is 15.4. The summed E-state index contributed by atoms with van der Waals surface area (Å²) in [5.41, 5.74) is 2.39. The van der Waals surface area contributed by atoms with Gasteiger partial charge in [0.2, 0.25) is 11.6 Å². The van der Waals surface area contributed by atoms with E-state index in [9.17, 15) is 9.59 Å². The smallest absolute Gasteiger partial charge is 0.325 e. The van der Waals surface area contributed by atoms with Gasteiger partial charge in [-0.2, -0.15) is 0 Å². The summed E-state index contributed by atoms with van der Waals surface area (Å²) >= 11 is 0. The number of ether oxygens (including phenoxy) is 4. The molecule has 39 heavy (non-hydrogen) atoms. The van der Waals surface area contributed by atoms with Crippen LogP contribution in [0.3, 0.4) is 0 Å². The molecule has 204 valence electrons. The molecule has 2 bridgehead atoms. The highest BCUT2D eigenvalue weighted by Gasteiger charge is 2.61. The van der Waals surface area contributed by atoms with E-state index < -0.39 is 23.7 Å². The van der Waals surface area contributed by atoms with Crippen molar-refractivity contribution < 1.29 is 28.5 Å². The molecule has 0 radical (unpaired) electrons. The molecule has 3 atom stereocenters. The Morgan fingerprint density at radius 3 is 2.56 bits per heavy atom. The number of carbonyl (C=O) groups excluding carboxylic acids is 2. The number of fused-ring (bicyclic) bond motifs is 4. The number of benzene rings is 3. The van der Waals surface area contributed by atoms with Crippen molar-refractivity contribution in [3.05, 3.63) is 71.3 Å². The molecule has 3 aromatic rings. The molecule has 5 rings (SSSR count). The molecular weight excluding hydrogens is 498 g/mol. The van der Waals surface area contributed by atoms with Crippen molar-refractivity contribution in [2.45, 2.75) is 39.5 Å². The number of hydrogen-bond donors (Lipinski definition) is 2. The van der Waals surface area contributed by atoms with Crippen LogP contribution in [0.2, 0.25) is 0 Å². The van der Waals surface area contributed by atoms with Gasteiger partial charge in [-0.3, -0.25) is 9.69 Å². The molecule has 9 heteroatoms. The quantitative estimate of drug-likeness (QED) is 0.426. The van der Waals surface area contributed by atoms with Crippen LogP contribution in [0.1, 0.15) is 36.6 Å². The van der Waals surface area contributed by atoms with E-state index in [2.05, 4.69) is 10.6 Å². The fourth-order valence-corrected chi connectivity index (χ4v) is 5.54. The molecule has 1 saturated heterocycles. The van der Waals surface area contributed by atoms with Crippen LogP contribution in [0.15, 0.2) is 54.6 Å². The van der Waals surface area contributed by atoms with E-state index in [1.807, 2.05) is 57.2 Å². The molecular formula is C30H33N3O6. The first-order valence-corrected chi connectivity index (χ1v) is 12.9. The van der Waals surface area contributed by atoms with Crippen LogP contribution < -0.4 is 34.5 Å². The third-order valence-corrected chi connectivity index (χ3v) is 7.34. The Balaban J connectivity index is 1.67. The summed E-state index contributed by atoms with van der Waals surface area (Å²) in [5.74, 6) is 0.850. The Bertz CT molecular complexity index is 1440. The molecule has 1 fully saturated rings. The van der Waals surface area contributed by atoms with Gasteiger partial charge in [0.15, 0.2) is 11.5 Å². The summed E-state index contributed by atoms with van der Waals surface area (Å²) in [6.07, 6.45) is 0. The van der Waals surface area contributed by atoms with Crippen LogP contribution in [0.4, 0.5) is 16.2 Å². The van der Waals surface area contributed by atoms with Crippen molar-refractivity contribution in [3.63, 3.8) is 0 Å². The second-order valence-electron chi connectivity index (χ2n) is 9.85. The average Bonchev–Trinajstić information content (AvgIpc) is 2.90. The number of hydrogen-bond acceptors (Lipinski definition) is 6. The first kappa shape index (κ1) is 26.2. The molecule has 0 aliphatic carbocycles. The highest BCUT2D eigenvalue weighted by molar-refractivity contribution is 6.02. The zero-order valence-electron chi connectivity index (χ0n) is 23.0. The topological polar surface area (TPSA) is 98.4 Å². The number of para-hydroxylation sites is 1. The second kappa shape index (κ2) is 10.1. The van der Waals surface area contributed by atoms with Crippen molar-refractivity contribution in [2.24, 2.45) is 5.92 Å². The van der Waals surface area contributed by atoms with Crippen LogP contribution in [-0.2, 0) is 4.79 Å². The number of urea groups is 1. The maximum absolute atomic E-state index is 14.1. The minimum Gasteiger partial charge on any atom is -0.497 e. The van der Waals surface area contributed by atoms with Gasteiger partial charge in [0, 0.05) is 17.3 Å². The standard InChI is InChI=1S/C30H33N3O6/c1-7-38-23-10-8-9-20-26-25(28(34)31-21-13-11-17(2)15-18(21)3)30(4,39-27(20)23)33(29(35)32-26)22-14-12-19(36-5)16-24(22)37-6/h8-16,25-26H,7H2,1-6H3,(H,31,34)(H,32,35)/t25-,26+,30-/m0/s1. The average molecular weight is 532 g/mol. The van der Waals surface area contributed by atoms with Gasteiger partial charge < -0.3 is 29.6 Å². The van der Waals surface area contributed by atoms with Crippen LogP contribution in [0.5, 0.6) is 23.0 Å². The third-order valence-electron chi connectivity index (χ3n) is 7.34. The lowest BCUT2D eigenvalue weighted by Crippen LogP contribution is -2.72. The monoisotopic (exact) mass is 531 g/mol. The zero-order chi connectivity index (χ0) is 27.9. The molecule has 0 spiro atoms. The van der Waals surface area contributed by atoms with Gasteiger partial charge in [-0.25, -0.2) is 4.79 Å². The fourth-order valence-electron chi connectivity index (χ4n) is 5.54. The number of nitrogens with one attached hydrogen (secondary N) is 2. The lowest BCUT2D eigenvalue weighted by Gasteiger charge is -2.54. The third kappa shape index (κ3) is 4.37. The lowest BCUT2D eigenvalue weighted by atomic mass is 9.78. The fraction of sp³-hybridized carbons (Fsp3) is 0.333. The van der Waals surface area contributed by atoms with E-state index in [1.54, 1.807) is 32.2 Å². The number of nitrogens with zero attached hydrogens (tertiary/aromatic N) is 1. The van der Waals surface area contributed by atoms with Crippen molar-refractivity contribution in [1.29, 1.82) is 0 Å². The van der Waals surface area contributed by atoms with Gasteiger partial charge in [-0.1, -0.05) is 29.8 Å². The Morgan fingerprint density at radius 1 is 1.08 bits per heavy atom. The Labute approximate surface area is 228 Å². The molecule has 9 nitrogen and oxygen atoms in total. The van der Waals surface area contributed by atoms with Crippen molar-refractivity contribution in [2.75, 3.05) is 31.0 Å². The van der Waals surface area contributed by atoms with E-state index >= 15 is 0 Å². The number of methoxy groups -OCH3 is 2. The van der Waals surface area contributed by atoms with E-state index in [1.165, 1.54) is 12.0 Å². The summed E-state index contributed by atoms with van der Waals surface area (Å²) in [5, 5.41) is 6.16. The molecule has 0 unspecified atom stereocenters. The summed E-state index contributed by atoms with van der Waals surface area (Å²) in [6.45, 7) is 8.02. The predicted octanol–water partition coefficient (Wildman–Crippen LogP) is 5.35. The Kier molecular flexibility index (Phi) is 6.76. The van der Waals surface area contributed by atoms with Gasteiger partial charge in [0.25, 0.3) is 0 Å². The number of amides is 3. The van der Waals surface area contributed by atoms with Crippen LogP contribution in [0, 0.1) is 19.8 Å². The summed E-state index contributed by atoms with van der Waals surface area (Å²) in [7, 11) is 3.07. The highest BCUT2D eigenvalue weighted by atomic mass is 16.6. The minimum absolute atomic E-state index is 0.292. The number of anilines is 2. The number of rotatable bonds is 7. The highest BCUT2D eigenvalue weighted by Crippen LogP contribution is 2.53. The maximum Gasteiger partial charge on any atom is 0.325 e. The van der Waals surface area contributed by atoms with E-state index in [-0.39, 0.29) is 5.91 Å². The van der Waals surface area contributed by atoms with Gasteiger partial charge in [-0.15, -0.1) is 0 Å². The minimum atomic E-state index is -1.45. The van der Waals surface area contributed by atoms with Crippen LogP contribution in [-0.4, -0.2) is 38.5 Å². The van der Waals surface area contributed by atoms with Crippen LogP contribution >= 0.6 is 0 Å². The van der Waals surface area contributed by atoms with Gasteiger partial charge >= 0.3 is 6.03 Å². The lowest BCUT2D eigenvalue weighted by molar-refractivity contribution is -0.131. The second-order valence-corrected chi connectivity index (χ2v) is 9.85. The predicted molar refractivity (Wildman–Crippen MR) is 148 cm³/mol. The molecule has 2 heterocycles. The van der Waals surface area contributed by atoms with Crippen molar-refractivity contribution in [1.82, 2.24) is 5.32 Å². The first-order valence-electron chi connectivity index (χ1n) is 12.9.